The molecule has 0 aliphatic carbocycles. The van der Waals surface area contributed by atoms with Gasteiger partial charge in [0.2, 0.25) is 5.78 Å². The highest BCUT2D eigenvalue weighted by atomic mass is 16.5. The van der Waals surface area contributed by atoms with Gasteiger partial charge in [-0.15, -0.1) is 0 Å². The molecule has 2 aromatic carbocycles. The zero-order valence-corrected chi connectivity index (χ0v) is 15.3. The van der Waals surface area contributed by atoms with Crippen LogP contribution >= 0.6 is 0 Å². The number of carbonyl (C=O) groups is 2. The SMILES string of the molecule is COc1ccc(OC)c(C(=O)COC(=O)CCc2c[nH]c3ccccc23)c1. The van der Waals surface area contributed by atoms with Crippen molar-refractivity contribution in [2.24, 2.45) is 0 Å². The molecule has 0 spiro atoms. The van der Waals surface area contributed by atoms with Gasteiger partial charge in [0.25, 0.3) is 0 Å². The van der Waals surface area contributed by atoms with Crippen LogP contribution in [0.5, 0.6) is 11.5 Å². The maximum absolute atomic E-state index is 12.4. The lowest BCUT2D eigenvalue weighted by atomic mass is 10.1. The molecule has 3 aromatic rings. The minimum Gasteiger partial charge on any atom is -0.497 e. The highest BCUT2D eigenvalue weighted by Gasteiger charge is 2.16. The van der Waals surface area contributed by atoms with E-state index in [-0.39, 0.29) is 18.8 Å². The minimum absolute atomic E-state index is 0.199. The van der Waals surface area contributed by atoms with Crippen LogP contribution in [-0.2, 0) is 16.0 Å². The smallest absolute Gasteiger partial charge is 0.306 e. The van der Waals surface area contributed by atoms with Gasteiger partial charge in [0.05, 0.1) is 19.8 Å². The molecule has 6 heteroatoms. The number of hydrogen-bond donors (Lipinski definition) is 1. The Morgan fingerprint density at radius 1 is 1.04 bits per heavy atom. The van der Waals surface area contributed by atoms with Gasteiger partial charge in [-0.3, -0.25) is 9.59 Å². The molecular weight excluding hydrogens is 346 g/mol. The molecule has 27 heavy (non-hydrogen) atoms. The number of ketones is 1. The van der Waals surface area contributed by atoms with E-state index in [1.165, 1.54) is 14.2 Å². The number of methoxy groups -OCH3 is 2. The van der Waals surface area contributed by atoms with Crippen LogP contribution < -0.4 is 9.47 Å². The van der Waals surface area contributed by atoms with E-state index in [1.54, 1.807) is 18.2 Å². The maximum Gasteiger partial charge on any atom is 0.306 e. The van der Waals surface area contributed by atoms with E-state index in [0.29, 0.717) is 23.5 Å². The highest BCUT2D eigenvalue weighted by Crippen LogP contribution is 2.24. The average Bonchev–Trinajstić information content (AvgIpc) is 3.13. The quantitative estimate of drug-likeness (QED) is 0.487. The average molecular weight is 367 g/mol. The van der Waals surface area contributed by atoms with Crippen molar-refractivity contribution in [3.63, 3.8) is 0 Å². The standard InChI is InChI=1S/C21H21NO5/c1-25-15-8-9-20(26-2)17(11-15)19(23)13-27-21(24)10-7-14-12-22-18-6-4-3-5-16(14)18/h3-6,8-9,11-12,22H,7,10,13H2,1-2H3. The molecule has 1 heterocycles. The van der Waals surface area contributed by atoms with Crippen LogP contribution in [-0.4, -0.2) is 37.6 Å². The van der Waals surface area contributed by atoms with E-state index in [0.717, 1.165) is 16.5 Å². The first-order valence-corrected chi connectivity index (χ1v) is 8.58. The number of aromatic amines is 1. The molecule has 0 saturated carbocycles. The fraction of sp³-hybridized carbons (Fsp3) is 0.238. The van der Waals surface area contributed by atoms with Crippen LogP contribution in [0.15, 0.2) is 48.7 Å². The van der Waals surface area contributed by atoms with Crippen LogP contribution in [0.4, 0.5) is 0 Å². The zero-order chi connectivity index (χ0) is 19.2. The number of aryl methyl sites for hydroxylation is 1. The van der Waals surface area contributed by atoms with E-state index in [9.17, 15) is 9.59 Å². The summed E-state index contributed by atoms with van der Waals surface area (Å²) in [5.74, 6) is 0.183. The maximum atomic E-state index is 12.4. The first kappa shape index (κ1) is 18.5. The van der Waals surface area contributed by atoms with Crippen molar-refractivity contribution in [3.05, 3.63) is 59.8 Å². The van der Waals surface area contributed by atoms with Crippen LogP contribution in [0.25, 0.3) is 10.9 Å². The van der Waals surface area contributed by atoms with E-state index in [2.05, 4.69) is 4.98 Å². The second-order valence-corrected chi connectivity index (χ2v) is 6.01. The van der Waals surface area contributed by atoms with Crippen molar-refractivity contribution in [1.82, 2.24) is 4.98 Å². The summed E-state index contributed by atoms with van der Waals surface area (Å²) in [6, 6.07) is 12.8. The van der Waals surface area contributed by atoms with Gasteiger partial charge in [-0.2, -0.15) is 0 Å². The number of H-pyrrole nitrogens is 1. The summed E-state index contributed by atoms with van der Waals surface area (Å²) in [6.45, 7) is -0.337. The van der Waals surface area contributed by atoms with Crippen LogP contribution in [0.2, 0.25) is 0 Å². The summed E-state index contributed by atoms with van der Waals surface area (Å²) in [4.78, 5) is 27.6. The molecule has 3 rings (SSSR count). The number of benzene rings is 2. The molecule has 0 bridgehead atoms. The predicted molar refractivity (Wildman–Crippen MR) is 101 cm³/mol. The first-order chi connectivity index (χ1) is 13.1. The number of aromatic nitrogens is 1. The van der Waals surface area contributed by atoms with Gasteiger partial charge in [0.15, 0.2) is 6.61 Å². The van der Waals surface area contributed by atoms with Gasteiger partial charge in [-0.25, -0.2) is 0 Å². The molecule has 6 nitrogen and oxygen atoms in total. The first-order valence-electron chi connectivity index (χ1n) is 8.58. The normalized spacial score (nSPS) is 10.6. The van der Waals surface area contributed by atoms with Gasteiger partial charge < -0.3 is 19.2 Å². The molecule has 0 amide bonds. The molecule has 0 aliphatic rings. The Balaban J connectivity index is 1.57. The number of carbonyl (C=O) groups excluding carboxylic acids is 2. The number of hydrogen-bond acceptors (Lipinski definition) is 5. The lowest BCUT2D eigenvalue weighted by Crippen LogP contribution is -2.15. The van der Waals surface area contributed by atoms with Crippen molar-refractivity contribution in [2.45, 2.75) is 12.8 Å². The summed E-state index contributed by atoms with van der Waals surface area (Å²) in [5.41, 5.74) is 2.39. The third-order valence-electron chi connectivity index (χ3n) is 4.34. The van der Waals surface area contributed by atoms with E-state index in [1.807, 2.05) is 30.5 Å². The second kappa shape index (κ2) is 8.40. The number of ether oxygens (including phenoxy) is 3. The Morgan fingerprint density at radius 3 is 2.63 bits per heavy atom. The third kappa shape index (κ3) is 4.28. The zero-order valence-electron chi connectivity index (χ0n) is 15.3. The summed E-state index contributed by atoms with van der Waals surface area (Å²) in [5, 5.41) is 1.09. The van der Waals surface area contributed by atoms with Crippen LogP contribution in [0, 0.1) is 0 Å². The summed E-state index contributed by atoms with van der Waals surface area (Å²) in [6.07, 6.45) is 2.63. The molecule has 0 radical (unpaired) electrons. The van der Waals surface area contributed by atoms with Crippen molar-refractivity contribution in [3.8, 4) is 11.5 Å². The van der Waals surface area contributed by atoms with Crippen molar-refractivity contribution < 1.29 is 23.8 Å². The molecule has 140 valence electrons. The van der Waals surface area contributed by atoms with Crippen molar-refractivity contribution >= 4 is 22.7 Å². The summed E-state index contributed by atoms with van der Waals surface area (Å²) in [7, 11) is 2.99. The molecule has 0 atom stereocenters. The van der Waals surface area contributed by atoms with Gasteiger partial charge in [-0.05, 0) is 36.2 Å². The van der Waals surface area contributed by atoms with Crippen molar-refractivity contribution in [1.29, 1.82) is 0 Å². The Morgan fingerprint density at radius 2 is 1.85 bits per heavy atom. The number of fused-ring (bicyclic) bond motifs is 1. The van der Waals surface area contributed by atoms with Gasteiger partial charge in [-0.1, -0.05) is 18.2 Å². The number of para-hydroxylation sites is 1. The third-order valence-corrected chi connectivity index (χ3v) is 4.34. The van der Waals surface area contributed by atoms with Crippen molar-refractivity contribution in [2.75, 3.05) is 20.8 Å². The van der Waals surface area contributed by atoms with E-state index >= 15 is 0 Å². The molecular formula is C21H21NO5. The molecule has 0 fully saturated rings. The fourth-order valence-corrected chi connectivity index (χ4v) is 2.90. The Labute approximate surface area is 157 Å². The van der Waals surface area contributed by atoms with Gasteiger partial charge in [0.1, 0.15) is 11.5 Å². The van der Waals surface area contributed by atoms with Crippen LogP contribution in [0.3, 0.4) is 0 Å². The molecule has 1 aromatic heterocycles. The lowest BCUT2D eigenvalue weighted by Gasteiger charge is -2.10. The van der Waals surface area contributed by atoms with Gasteiger partial charge >= 0.3 is 5.97 Å². The highest BCUT2D eigenvalue weighted by molar-refractivity contribution is 6.00. The Kier molecular flexibility index (Phi) is 5.76. The van der Waals surface area contributed by atoms with Crippen LogP contribution in [0.1, 0.15) is 22.3 Å². The van der Waals surface area contributed by atoms with E-state index < -0.39 is 5.97 Å². The Bertz CT molecular complexity index is 960. The molecule has 1 N–H and O–H groups in total. The Hall–Kier alpha value is -3.28. The van der Waals surface area contributed by atoms with Gasteiger partial charge in [0, 0.05) is 23.5 Å². The topological polar surface area (TPSA) is 77.6 Å². The molecule has 0 aliphatic heterocycles. The molecule has 0 saturated heterocycles. The summed E-state index contributed by atoms with van der Waals surface area (Å²) >= 11 is 0. The predicted octanol–water partition coefficient (Wildman–Crippen LogP) is 3.54. The number of rotatable bonds is 8. The monoisotopic (exact) mass is 367 g/mol. The molecule has 0 unspecified atom stereocenters. The lowest BCUT2D eigenvalue weighted by molar-refractivity contribution is -0.142. The number of Topliss-reactive ketones (excluding diaryl/α,β-unsaturated/α-hetero) is 1. The number of esters is 1. The second-order valence-electron chi connectivity index (χ2n) is 6.01. The number of nitrogens with one attached hydrogen (secondary N) is 1. The minimum atomic E-state index is -0.421. The fourth-order valence-electron chi connectivity index (χ4n) is 2.90. The van der Waals surface area contributed by atoms with E-state index in [4.69, 9.17) is 14.2 Å². The summed E-state index contributed by atoms with van der Waals surface area (Å²) < 4.78 is 15.5. The largest absolute Gasteiger partial charge is 0.497 e.